The molecule has 0 heterocycles. The summed E-state index contributed by atoms with van der Waals surface area (Å²) in [6, 6.07) is -0.0286. The Bertz CT molecular complexity index is 221. The molecule has 3 nitrogen and oxygen atoms in total. The van der Waals surface area contributed by atoms with Gasteiger partial charge in [0, 0.05) is 6.04 Å². The average Bonchev–Trinajstić information content (AvgIpc) is 2.34. The van der Waals surface area contributed by atoms with E-state index < -0.39 is 0 Å². The molecular weight excluding hydrogens is 226 g/mol. The molecule has 0 saturated carbocycles. The minimum atomic E-state index is -0.362. The second kappa shape index (κ2) is 8.65. The molecule has 0 radical (unpaired) electrons. The van der Waals surface area contributed by atoms with Gasteiger partial charge in [0.2, 0.25) is 0 Å². The summed E-state index contributed by atoms with van der Waals surface area (Å²) in [4.78, 5) is 13.4. The lowest BCUT2D eigenvalue weighted by Crippen LogP contribution is -2.51. The molecule has 4 atom stereocenters. The monoisotopic (exact) mass is 257 g/mol. The quantitative estimate of drug-likeness (QED) is 0.646. The lowest BCUT2D eigenvalue weighted by molar-refractivity contribution is -0.115. The summed E-state index contributed by atoms with van der Waals surface area (Å²) in [5, 5.41) is 10.2. The average molecular weight is 257 g/mol. The fourth-order valence-corrected chi connectivity index (χ4v) is 2.56. The number of hydrogen-bond donors (Lipinski definition) is 1. The largest absolute Gasteiger partial charge is 0.391 e. The minimum absolute atomic E-state index is 0.0638. The first-order chi connectivity index (χ1) is 8.38. The van der Waals surface area contributed by atoms with Gasteiger partial charge in [0.05, 0.1) is 12.1 Å². The molecule has 0 bridgehead atoms. The molecule has 0 aliphatic heterocycles. The van der Waals surface area contributed by atoms with Crippen molar-refractivity contribution in [3.8, 4) is 0 Å². The van der Waals surface area contributed by atoms with Crippen molar-refractivity contribution in [1.82, 2.24) is 4.90 Å². The second-order valence-electron chi connectivity index (χ2n) is 5.85. The van der Waals surface area contributed by atoms with Gasteiger partial charge in [-0.3, -0.25) is 4.90 Å². The van der Waals surface area contributed by atoms with E-state index in [2.05, 4.69) is 32.6 Å². The van der Waals surface area contributed by atoms with E-state index in [0.717, 1.165) is 25.5 Å². The third-order valence-electron chi connectivity index (χ3n) is 3.90. The lowest BCUT2D eigenvalue weighted by Gasteiger charge is -2.39. The van der Waals surface area contributed by atoms with E-state index >= 15 is 0 Å². The molecule has 18 heavy (non-hydrogen) atoms. The summed E-state index contributed by atoms with van der Waals surface area (Å²) in [5.74, 6) is 0.874. The molecule has 1 N–H and O–H groups in total. The van der Waals surface area contributed by atoms with Gasteiger partial charge in [-0.1, -0.05) is 41.0 Å². The molecule has 0 saturated heterocycles. The third kappa shape index (κ3) is 5.07. The predicted molar refractivity (Wildman–Crippen MR) is 76.6 cm³/mol. The van der Waals surface area contributed by atoms with Crippen molar-refractivity contribution < 1.29 is 9.90 Å². The number of rotatable bonds is 9. The Labute approximate surface area is 113 Å². The van der Waals surface area contributed by atoms with Gasteiger partial charge in [-0.2, -0.15) is 0 Å². The molecule has 0 fully saturated rings. The topological polar surface area (TPSA) is 40.5 Å². The first-order valence-corrected chi connectivity index (χ1v) is 7.24. The predicted octanol–water partition coefficient (Wildman–Crippen LogP) is 2.72. The van der Waals surface area contributed by atoms with Crippen molar-refractivity contribution in [3.63, 3.8) is 0 Å². The van der Waals surface area contributed by atoms with Crippen LogP contribution in [0.4, 0.5) is 0 Å². The van der Waals surface area contributed by atoms with Crippen LogP contribution in [0.3, 0.4) is 0 Å². The number of aliphatic hydroxyl groups excluding tert-OH is 1. The molecule has 0 rings (SSSR count). The van der Waals surface area contributed by atoms with Crippen LogP contribution >= 0.6 is 0 Å². The second-order valence-corrected chi connectivity index (χ2v) is 5.85. The molecule has 0 aromatic heterocycles. The van der Waals surface area contributed by atoms with Crippen LogP contribution in [0.15, 0.2) is 0 Å². The fourth-order valence-electron chi connectivity index (χ4n) is 2.56. The van der Waals surface area contributed by atoms with Crippen LogP contribution in [0.25, 0.3) is 0 Å². The van der Waals surface area contributed by atoms with Gasteiger partial charge in [0.1, 0.15) is 6.29 Å². The Morgan fingerprint density at radius 3 is 2.06 bits per heavy atom. The number of carbonyl (C=O) groups excluding carboxylic acids is 1. The van der Waals surface area contributed by atoms with E-state index in [9.17, 15) is 9.90 Å². The first-order valence-electron chi connectivity index (χ1n) is 7.24. The molecular formula is C15H31NO2. The summed E-state index contributed by atoms with van der Waals surface area (Å²) in [6.07, 6.45) is 3.26. The van der Waals surface area contributed by atoms with Crippen LogP contribution in [0.1, 0.15) is 53.9 Å². The Morgan fingerprint density at radius 1 is 1.17 bits per heavy atom. The molecule has 0 aromatic carbocycles. The molecule has 0 spiro atoms. The van der Waals surface area contributed by atoms with E-state index in [0.29, 0.717) is 11.8 Å². The zero-order valence-electron chi connectivity index (χ0n) is 12.9. The van der Waals surface area contributed by atoms with Crippen LogP contribution < -0.4 is 0 Å². The highest BCUT2D eigenvalue weighted by atomic mass is 16.3. The Kier molecular flexibility index (Phi) is 8.45. The highest BCUT2D eigenvalue weighted by Gasteiger charge is 2.31. The van der Waals surface area contributed by atoms with Gasteiger partial charge >= 0.3 is 0 Å². The summed E-state index contributed by atoms with van der Waals surface area (Å²) in [5.41, 5.74) is 0. The highest BCUT2D eigenvalue weighted by molar-refractivity contribution is 5.57. The van der Waals surface area contributed by atoms with Gasteiger partial charge in [0.15, 0.2) is 0 Å². The highest BCUT2D eigenvalue weighted by Crippen LogP contribution is 2.22. The fraction of sp³-hybridized carbons (Fsp3) is 0.933. The maximum absolute atomic E-state index is 11.3. The Morgan fingerprint density at radius 2 is 1.72 bits per heavy atom. The van der Waals surface area contributed by atoms with Gasteiger partial charge in [-0.15, -0.1) is 0 Å². The minimum Gasteiger partial charge on any atom is -0.391 e. The molecule has 4 unspecified atom stereocenters. The van der Waals surface area contributed by atoms with Crippen molar-refractivity contribution in [2.75, 3.05) is 7.05 Å². The Balaban J connectivity index is 4.90. The van der Waals surface area contributed by atoms with Crippen LogP contribution in [-0.4, -0.2) is 41.5 Å². The molecule has 0 aliphatic carbocycles. The van der Waals surface area contributed by atoms with Gasteiger partial charge in [-0.25, -0.2) is 0 Å². The number of aliphatic hydroxyl groups is 1. The van der Waals surface area contributed by atoms with E-state index in [-0.39, 0.29) is 18.2 Å². The molecule has 0 aromatic rings. The van der Waals surface area contributed by atoms with E-state index in [4.69, 9.17) is 0 Å². The van der Waals surface area contributed by atoms with Crippen LogP contribution in [-0.2, 0) is 4.79 Å². The summed E-state index contributed by atoms with van der Waals surface area (Å²) in [6.45, 7) is 10.5. The maximum atomic E-state index is 11.3. The van der Waals surface area contributed by atoms with Gasteiger partial charge in [0.25, 0.3) is 0 Å². The first kappa shape index (κ1) is 17.6. The standard InChI is InChI=1S/C15H31NO2/c1-7-12(5)15(14(18)8-2)16(6)13(10-17)9-11(3)4/h10-15,18H,7-9H2,1-6H3. The maximum Gasteiger partial charge on any atom is 0.137 e. The lowest BCUT2D eigenvalue weighted by atomic mass is 9.90. The number of likely N-dealkylation sites (N-methyl/N-ethyl adjacent to an activating group) is 1. The van der Waals surface area contributed by atoms with E-state index in [1.165, 1.54) is 0 Å². The van der Waals surface area contributed by atoms with Crippen LogP contribution in [0.2, 0.25) is 0 Å². The molecule has 0 aliphatic rings. The number of hydrogen-bond acceptors (Lipinski definition) is 3. The van der Waals surface area contributed by atoms with Crippen molar-refractivity contribution in [1.29, 1.82) is 0 Å². The zero-order chi connectivity index (χ0) is 14.3. The van der Waals surface area contributed by atoms with Crippen molar-refractivity contribution >= 4 is 6.29 Å². The zero-order valence-corrected chi connectivity index (χ0v) is 12.9. The number of aldehydes is 1. The molecule has 0 amide bonds. The smallest absolute Gasteiger partial charge is 0.137 e. The van der Waals surface area contributed by atoms with Gasteiger partial charge < -0.3 is 9.90 Å². The van der Waals surface area contributed by atoms with E-state index in [1.54, 1.807) is 0 Å². The number of carbonyl (C=O) groups is 1. The summed E-state index contributed by atoms with van der Waals surface area (Å²) in [7, 11) is 1.97. The Hall–Kier alpha value is -0.410. The SMILES string of the molecule is CCC(C)C(C(O)CC)N(C)C(C=O)CC(C)C. The van der Waals surface area contributed by atoms with Gasteiger partial charge in [-0.05, 0) is 31.7 Å². The van der Waals surface area contributed by atoms with Crippen molar-refractivity contribution in [3.05, 3.63) is 0 Å². The molecule has 3 heteroatoms. The normalized spacial score (nSPS) is 18.7. The van der Waals surface area contributed by atoms with Crippen LogP contribution in [0.5, 0.6) is 0 Å². The van der Waals surface area contributed by atoms with Crippen molar-refractivity contribution in [2.24, 2.45) is 11.8 Å². The number of nitrogens with zero attached hydrogens (tertiary/aromatic N) is 1. The van der Waals surface area contributed by atoms with Crippen molar-refractivity contribution in [2.45, 2.75) is 72.1 Å². The summed E-state index contributed by atoms with van der Waals surface area (Å²) >= 11 is 0. The summed E-state index contributed by atoms with van der Waals surface area (Å²) < 4.78 is 0. The van der Waals surface area contributed by atoms with Crippen LogP contribution in [0, 0.1) is 11.8 Å². The van der Waals surface area contributed by atoms with E-state index in [1.807, 2.05) is 14.0 Å². The molecule has 108 valence electrons. The third-order valence-corrected chi connectivity index (χ3v) is 3.90.